The summed E-state index contributed by atoms with van der Waals surface area (Å²) in [5.41, 5.74) is 0.291. The SMILES string of the molecule is O=C(c1cccnc1Cl)N1CCN(S(=O)(=O)c2ccc(F)cc2)CC1. The van der Waals surface area contributed by atoms with Gasteiger partial charge in [-0.25, -0.2) is 17.8 Å². The van der Waals surface area contributed by atoms with Crippen LogP contribution in [-0.4, -0.2) is 54.7 Å². The molecule has 0 unspecified atom stereocenters. The highest BCUT2D eigenvalue weighted by Gasteiger charge is 2.31. The molecule has 6 nitrogen and oxygen atoms in total. The Hall–Kier alpha value is -2.03. The number of nitrogens with zero attached hydrogens (tertiary/aromatic N) is 3. The Morgan fingerprint density at radius 1 is 1.08 bits per heavy atom. The van der Waals surface area contributed by atoms with Crippen molar-refractivity contribution in [1.82, 2.24) is 14.2 Å². The van der Waals surface area contributed by atoms with Crippen molar-refractivity contribution in [1.29, 1.82) is 0 Å². The minimum absolute atomic E-state index is 0.0315. The lowest BCUT2D eigenvalue weighted by Crippen LogP contribution is -2.50. The molecule has 0 spiro atoms. The van der Waals surface area contributed by atoms with E-state index in [-0.39, 0.29) is 42.1 Å². The molecule has 2 aromatic rings. The molecular formula is C16H15ClFN3O3S. The number of aromatic nitrogens is 1. The van der Waals surface area contributed by atoms with Crippen LogP contribution in [0.25, 0.3) is 0 Å². The van der Waals surface area contributed by atoms with Crippen LogP contribution in [0.15, 0.2) is 47.5 Å². The summed E-state index contributed by atoms with van der Waals surface area (Å²) < 4.78 is 39.4. The molecule has 1 aliphatic heterocycles. The lowest BCUT2D eigenvalue weighted by molar-refractivity contribution is 0.0697. The number of benzene rings is 1. The summed E-state index contributed by atoms with van der Waals surface area (Å²) in [5.74, 6) is -0.778. The van der Waals surface area contributed by atoms with E-state index in [9.17, 15) is 17.6 Å². The maximum atomic E-state index is 13.0. The molecule has 3 rings (SSSR count). The van der Waals surface area contributed by atoms with Crippen LogP contribution in [0.4, 0.5) is 4.39 Å². The zero-order valence-corrected chi connectivity index (χ0v) is 14.7. The van der Waals surface area contributed by atoms with E-state index in [1.165, 1.54) is 22.6 Å². The van der Waals surface area contributed by atoms with Gasteiger partial charge in [0.25, 0.3) is 5.91 Å². The van der Waals surface area contributed by atoms with Crippen molar-refractivity contribution in [3.05, 3.63) is 59.1 Å². The van der Waals surface area contributed by atoms with Crippen LogP contribution in [0.1, 0.15) is 10.4 Å². The quantitative estimate of drug-likeness (QED) is 0.760. The Labute approximate surface area is 149 Å². The summed E-state index contributed by atoms with van der Waals surface area (Å²) in [6.07, 6.45) is 1.49. The van der Waals surface area contributed by atoms with E-state index in [0.29, 0.717) is 5.56 Å². The third-order valence-electron chi connectivity index (χ3n) is 3.97. The van der Waals surface area contributed by atoms with Gasteiger partial charge in [-0.1, -0.05) is 11.6 Å². The van der Waals surface area contributed by atoms with Gasteiger partial charge in [-0.3, -0.25) is 4.79 Å². The molecule has 132 valence electrons. The number of rotatable bonds is 3. The molecule has 1 saturated heterocycles. The number of carbonyl (C=O) groups is 1. The van der Waals surface area contributed by atoms with E-state index in [1.54, 1.807) is 17.0 Å². The first-order valence-electron chi connectivity index (χ1n) is 7.55. The number of amides is 1. The van der Waals surface area contributed by atoms with Gasteiger partial charge >= 0.3 is 0 Å². The third kappa shape index (κ3) is 3.65. The molecule has 25 heavy (non-hydrogen) atoms. The summed E-state index contributed by atoms with van der Waals surface area (Å²) in [7, 11) is -3.71. The third-order valence-corrected chi connectivity index (χ3v) is 6.18. The second kappa shape index (κ2) is 7.07. The average molecular weight is 384 g/mol. The van der Waals surface area contributed by atoms with E-state index in [1.807, 2.05) is 0 Å². The van der Waals surface area contributed by atoms with E-state index in [4.69, 9.17) is 11.6 Å². The van der Waals surface area contributed by atoms with Crippen LogP contribution >= 0.6 is 11.6 Å². The van der Waals surface area contributed by atoms with Crippen LogP contribution in [0.5, 0.6) is 0 Å². The molecule has 0 saturated carbocycles. The minimum atomic E-state index is -3.71. The fourth-order valence-electron chi connectivity index (χ4n) is 2.60. The highest BCUT2D eigenvalue weighted by atomic mass is 35.5. The maximum absolute atomic E-state index is 13.0. The van der Waals surface area contributed by atoms with Gasteiger partial charge in [0.1, 0.15) is 11.0 Å². The summed E-state index contributed by atoms with van der Waals surface area (Å²) in [5, 5.41) is 0.119. The smallest absolute Gasteiger partial charge is 0.257 e. The van der Waals surface area contributed by atoms with Crippen molar-refractivity contribution in [3.63, 3.8) is 0 Å². The predicted octanol–water partition coefficient (Wildman–Crippen LogP) is 2.02. The lowest BCUT2D eigenvalue weighted by Gasteiger charge is -2.34. The molecular weight excluding hydrogens is 369 g/mol. The molecule has 1 aromatic carbocycles. The number of halogens is 2. The normalized spacial score (nSPS) is 16.0. The summed E-state index contributed by atoms with van der Waals surface area (Å²) in [4.78, 5) is 17.9. The molecule has 2 heterocycles. The first-order valence-corrected chi connectivity index (χ1v) is 9.37. The molecule has 1 fully saturated rings. The van der Waals surface area contributed by atoms with Gasteiger partial charge in [0.05, 0.1) is 10.5 Å². The van der Waals surface area contributed by atoms with Crippen LogP contribution in [0.2, 0.25) is 5.15 Å². The van der Waals surface area contributed by atoms with Gasteiger partial charge in [-0.2, -0.15) is 4.31 Å². The fourth-order valence-corrected chi connectivity index (χ4v) is 4.23. The first kappa shape index (κ1) is 17.8. The Kier molecular flexibility index (Phi) is 5.03. The molecule has 0 N–H and O–H groups in total. The zero-order valence-electron chi connectivity index (χ0n) is 13.1. The van der Waals surface area contributed by atoms with Crippen LogP contribution < -0.4 is 0 Å². The predicted molar refractivity (Wildman–Crippen MR) is 90.3 cm³/mol. The number of piperazine rings is 1. The average Bonchev–Trinajstić information content (AvgIpc) is 2.62. The van der Waals surface area contributed by atoms with Crippen molar-refractivity contribution >= 4 is 27.5 Å². The highest BCUT2D eigenvalue weighted by molar-refractivity contribution is 7.89. The number of sulfonamides is 1. The van der Waals surface area contributed by atoms with Crippen molar-refractivity contribution < 1.29 is 17.6 Å². The van der Waals surface area contributed by atoms with E-state index >= 15 is 0 Å². The largest absolute Gasteiger partial charge is 0.336 e. The van der Waals surface area contributed by atoms with Crippen LogP contribution in [0, 0.1) is 5.82 Å². The standard InChI is InChI=1S/C16H15ClFN3O3S/c17-15-14(2-1-7-19-15)16(22)20-8-10-21(11-9-20)25(23,24)13-5-3-12(18)4-6-13/h1-7H,8-11H2. The molecule has 9 heteroatoms. The summed E-state index contributed by atoms with van der Waals surface area (Å²) >= 11 is 5.94. The Morgan fingerprint density at radius 2 is 1.72 bits per heavy atom. The highest BCUT2D eigenvalue weighted by Crippen LogP contribution is 2.20. The van der Waals surface area contributed by atoms with Gasteiger partial charge in [-0.05, 0) is 36.4 Å². The Balaban J connectivity index is 1.70. The second-order valence-corrected chi connectivity index (χ2v) is 7.79. The molecule has 1 aliphatic rings. The van der Waals surface area contributed by atoms with E-state index < -0.39 is 15.8 Å². The van der Waals surface area contributed by atoms with Crippen molar-refractivity contribution in [2.45, 2.75) is 4.90 Å². The molecule has 0 radical (unpaired) electrons. The van der Waals surface area contributed by atoms with E-state index in [0.717, 1.165) is 12.1 Å². The van der Waals surface area contributed by atoms with Gasteiger partial charge in [-0.15, -0.1) is 0 Å². The summed E-state index contributed by atoms with van der Waals surface area (Å²) in [6, 6.07) is 7.89. The zero-order chi connectivity index (χ0) is 18.0. The monoisotopic (exact) mass is 383 g/mol. The molecule has 0 bridgehead atoms. The van der Waals surface area contributed by atoms with Crippen molar-refractivity contribution in [2.24, 2.45) is 0 Å². The number of hydrogen-bond acceptors (Lipinski definition) is 4. The number of hydrogen-bond donors (Lipinski definition) is 0. The lowest BCUT2D eigenvalue weighted by atomic mass is 10.2. The van der Waals surface area contributed by atoms with Gasteiger partial charge in [0.2, 0.25) is 10.0 Å². The molecule has 1 amide bonds. The first-order chi connectivity index (χ1) is 11.9. The number of pyridine rings is 1. The molecule has 1 aromatic heterocycles. The maximum Gasteiger partial charge on any atom is 0.257 e. The van der Waals surface area contributed by atoms with Gasteiger partial charge in [0, 0.05) is 32.4 Å². The fraction of sp³-hybridized carbons (Fsp3) is 0.250. The minimum Gasteiger partial charge on any atom is -0.336 e. The summed E-state index contributed by atoms with van der Waals surface area (Å²) in [6.45, 7) is 0.793. The van der Waals surface area contributed by atoms with Crippen LogP contribution in [0.3, 0.4) is 0 Å². The Morgan fingerprint density at radius 3 is 2.32 bits per heavy atom. The topological polar surface area (TPSA) is 70.6 Å². The second-order valence-electron chi connectivity index (χ2n) is 5.49. The van der Waals surface area contributed by atoms with E-state index in [2.05, 4.69) is 4.98 Å². The number of carbonyl (C=O) groups excluding carboxylic acids is 1. The Bertz CT molecular complexity index is 882. The van der Waals surface area contributed by atoms with Gasteiger partial charge in [0.15, 0.2) is 0 Å². The molecule has 0 atom stereocenters. The van der Waals surface area contributed by atoms with Crippen LogP contribution in [-0.2, 0) is 10.0 Å². The molecule has 0 aliphatic carbocycles. The van der Waals surface area contributed by atoms with Gasteiger partial charge < -0.3 is 4.90 Å². The van der Waals surface area contributed by atoms with Crippen molar-refractivity contribution in [2.75, 3.05) is 26.2 Å². The van der Waals surface area contributed by atoms with Crippen molar-refractivity contribution in [3.8, 4) is 0 Å².